The second kappa shape index (κ2) is 9.77. The maximum Gasteiger partial charge on any atom is 0.119 e. The standard InChI is InChI=1S/C20H34N2O2.ClH/c1-16(2)19(3,13-21)22-14-20(9-6-10-20)15-24-18-8-5-7-17(11-18)12-23-4;/h5,7-8,11,16,22H,6,9-10,12-15,21H2,1-4H3;1H. The Labute approximate surface area is 159 Å². The number of methoxy groups -OCH3 is 1. The van der Waals surface area contributed by atoms with E-state index in [-0.39, 0.29) is 23.4 Å². The minimum Gasteiger partial charge on any atom is -0.493 e. The molecule has 0 aromatic heterocycles. The SMILES string of the molecule is COCc1cccc(OCC2(CNC(C)(CN)C(C)C)CCC2)c1.Cl. The Morgan fingerprint density at radius 2 is 2.04 bits per heavy atom. The highest BCUT2D eigenvalue weighted by Crippen LogP contribution is 2.41. The maximum absolute atomic E-state index is 6.13. The van der Waals surface area contributed by atoms with Crippen molar-refractivity contribution in [3.63, 3.8) is 0 Å². The summed E-state index contributed by atoms with van der Waals surface area (Å²) in [6, 6.07) is 8.18. The molecule has 2 rings (SSSR count). The second-order valence-corrected chi connectivity index (χ2v) is 7.85. The molecule has 1 aliphatic carbocycles. The lowest BCUT2D eigenvalue weighted by Crippen LogP contribution is -2.57. The minimum atomic E-state index is -0.0129. The van der Waals surface area contributed by atoms with E-state index < -0.39 is 0 Å². The fourth-order valence-corrected chi connectivity index (χ4v) is 3.08. The van der Waals surface area contributed by atoms with Crippen molar-refractivity contribution < 1.29 is 9.47 Å². The van der Waals surface area contributed by atoms with Crippen molar-refractivity contribution in [2.45, 2.75) is 52.2 Å². The van der Waals surface area contributed by atoms with E-state index in [1.54, 1.807) is 7.11 Å². The van der Waals surface area contributed by atoms with Gasteiger partial charge in [0.2, 0.25) is 0 Å². The number of ether oxygens (including phenoxy) is 2. The number of nitrogens with one attached hydrogen (secondary N) is 1. The molecular formula is C20H35ClN2O2. The summed E-state index contributed by atoms with van der Waals surface area (Å²) in [4.78, 5) is 0. The molecule has 1 saturated carbocycles. The van der Waals surface area contributed by atoms with Gasteiger partial charge in [-0.2, -0.15) is 0 Å². The average Bonchev–Trinajstić information content (AvgIpc) is 2.53. The first-order valence-electron chi connectivity index (χ1n) is 9.09. The van der Waals surface area contributed by atoms with Gasteiger partial charge in [-0.15, -0.1) is 12.4 Å². The molecule has 4 nitrogen and oxygen atoms in total. The topological polar surface area (TPSA) is 56.5 Å². The van der Waals surface area contributed by atoms with Gasteiger partial charge in [0.1, 0.15) is 5.75 Å². The number of benzene rings is 1. The molecule has 0 heterocycles. The average molecular weight is 371 g/mol. The van der Waals surface area contributed by atoms with Gasteiger partial charge in [-0.25, -0.2) is 0 Å². The molecule has 1 fully saturated rings. The van der Waals surface area contributed by atoms with E-state index in [1.165, 1.54) is 19.3 Å². The third kappa shape index (κ3) is 5.85. The first kappa shape index (κ1) is 22.2. The van der Waals surface area contributed by atoms with Gasteiger partial charge in [-0.3, -0.25) is 0 Å². The molecule has 144 valence electrons. The summed E-state index contributed by atoms with van der Waals surface area (Å²) in [5.74, 6) is 1.44. The fourth-order valence-electron chi connectivity index (χ4n) is 3.08. The monoisotopic (exact) mass is 370 g/mol. The summed E-state index contributed by atoms with van der Waals surface area (Å²) in [5, 5.41) is 3.73. The van der Waals surface area contributed by atoms with Crippen LogP contribution in [0, 0.1) is 11.3 Å². The zero-order chi connectivity index (χ0) is 17.6. The molecule has 1 aliphatic rings. The Balaban J connectivity index is 0.00000312. The quantitative estimate of drug-likeness (QED) is 0.658. The molecule has 1 unspecified atom stereocenters. The zero-order valence-corrected chi connectivity index (χ0v) is 17.0. The molecule has 0 aliphatic heterocycles. The molecule has 25 heavy (non-hydrogen) atoms. The number of rotatable bonds is 10. The van der Waals surface area contributed by atoms with E-state index in [0.29, 0.717) is 19.1 Å². The normalized spacial score (nSPS) is 18.2. The number of hydrogen-bond acceptors (Lipinski definition) is 4. The van der Waals surface area contributed by atoms with Crippen molar-refractivity contribution >= 4 is 12.4 Å². The lowest BCUT2D eigenvalue weighted by molar-refractivity contribution is 0.0453. The van der Waals surface area contributed by atoms with E-state index in [1.807, 2.05) is 12.1 Å². The van der Waals surface area contributed by atoms with E-state index >= 15 is 0 Å². The number of hydrogen-bond donors (Lipinski definition) is 2. The molecule has 0 saturated heterocycles. The van der Waals surface area contributed by atoms with E-state index in [9.17, 15) is 0 Å². The smallest absolute Gasteiger partial charge is 0.119 e. The maximum atomic E-state index is 6.13. The Morgan fingerprint density at radius 3 is 2.56 bits per heavy atom. The van der Waals surface area contributed by atoms with Crippen molar-refractivity contribution in [2.24, 2.45) is 17.1 Å². The Kier molecular flexibility index (Phi) is 8.69. The van der Waals surface area contributed by atoms with Crippen LogP contribution in [-0.4, -0.2) is 32.3 Å². The summed E-state index contributed by atoms with van der Waals surface area (Å²) < 4.78 is 11.3. The van der Waals surface area contributed by atoms with Crippen molar-refractivity contribution in [1.82, 2.24) is 5.32 Å². The van der Waals surface area contributed by atoms with Gasteiger partial charge in [0.05, 0.1) is 13.2 Å². The van der Waals surface area contributed by atoms with Crippen LogP contribution in [0.25, 0.3) is 0 Å². The van der Waals surface area contributed by atoms with E-state index in [4.69, 9.17) is 15.2 Å². The van der Waals surface area contributed by atoms with Gasteiger partial charge >= 0.3 is 0 Å². The molecule has 0 spiro atoms. The van der Waals surface area contributed by atoms with E-state index in [0.717, 1.165) is 24.5 Å². The molecule has 3 N–H and O–H groups in total. The van der Waals surface area contributed by atoms with Gasteiger partial charge in [-0.05, 0) is 43.4 Å². The van der Waals surface area contributed by atoms with Crippen molar-refractivity contribution in [2.75, 3.05) is 26.8 Å². The molecular weight excluding hydrogens is 336 g/mol. The van der Waals surface area contributed by atoms with Gasteiger partial charge in [0.15, 0.2) is 0 Å². The van der Waals surface area contributed by atoms with Crippen LogP contribution in [0.2, 0.25) is 0 Å². The molecule has 0 bridgehead atoms. The first-order valence-corrected chi connectivity index (χ1v) is 9.09. The lowest BCUT2D eigenvalue weighted by Gasteiger charge is -2.45. The number of halogens is 1. The van der Waals surface area contributed by atoms with Gasteiger partial charge in [0, 0.05) is 31.2 Å². The highest BCUT2D eigenvalue weighted by Gasteiger charge is 2.40. The Hall–Kier alpha value is -0.810. The van der Waals surface area contributed by atoms with Crippen LogP contribution in [-0.2, 0) is 11.3 Å². The van der Waals surface area contributed by atoms with Crippen LogP contribution in [0.15, 0.2) is 24.3 Å². The highest BCUT2D eigenvalue weighted by atomic mass is 35.5. The lowest BCUT2D eigenvalue weighted by atomic mass is 9.68. The van der Waals surface area contributed by atoms with E-state index in [2.05, 4.69) is 38.2 Å². The summed E-state index contributed by atoms with van der Waals surface area (Å²) in [7, 11) is 1.71. The Morgan fingerprint density at radius 1 is 1.32 bits per heavy atom. The number of nitrogens with two attached hydrogens (primary N) is 1. The molecule has 0 radical (unpaired) electrons. The minimum absolute atomic E-state index is 0. The van der Waals surface area contributed by atoms with Gasteiger partial charge in [0.25, 0.3) is 0 Å². The summed E-state index contributed by atoms with van der Waals surface area (Å²) in [5.41, 5.74) is 7.37. The third-order valence-electron chi connectivity index (χ3n) is 5.73. The molecule has 5 heteroatoms. The van der Waals surface area contributed by atoms with Gasteiger partial charge in [-0.1, -0.05) is 32.4 Å². The third-order valence-corrected chi connectivity index (χ3v) is 5.73. The molecule has 1 aromatic carbocycles. The summed E-state index contributed by atoms with van der Waals surface area (Å²) in [6.07, 6.45) is 3.72. The zero-order valence-electron chi connectivity index (χ0n) is 16.1. The second-order valence-electron chi connectivity index (χ2n) is 7.85. The van der Waals surface area contributed by atoms with Crippen LogP contribution in [0.1, 0.15) is 45.6 Å². The predicted octanol–water partition coefficient (Wildman–Crippen LogP) is 3.77. The molecule has 0 amide bonds. The molecule has 1 aromatic rings. The highest BCUT2D eigenvalue weighted by molar-refractivity contribution is 5.85. The fraction of sp³-hybridized carbons (Fsp3) is 0.700. The predicted molar refractivity (Wildman–Crippen MR) is 106 cm³/mol. The van der Waals surface area contributed by atoms with Crippen LogP contribution >= 0.6 is 12.4 Å². The molecule has 1 atom stereocenters. The van der Waals surface area contributed by atoms with Crippen LogP contribution < -0.4 is 15.8 Å². The summed E-state index contributed by atoms with van der Waals surface area (Å²) in [6.45, 7) is 9.68. The van der Waals surface area contributed by atoms with Crippen LogP contribution in [0.3, 0.4) is 0 Å². The van der Waals surface area contributed by atoms with Crippen molar-refractivity contribution in [3.05, 3.63) is 29.8 Å². The largest absolute Gasteiger partial charge is 0.493 e. The van der Waals surface area contributed by atoms with Crippen LogP contribution in [0.4, 0.5) is 0 Å². The summed E-state index contributed by atoms with van der Waals surface area (Å²) >= 11 is 0. The first-order chi connectivity index (χ1) is 11.4. The van der Waals surface area contributed by atoms with Gasteiger partial charge < -0.3 is 20.5 Å². The van der Waals surface area contributed by atoms with Crippen molar-refractivity contribution in [3.8, 4) is 5.75 Å². The van der Waals surface area contributed by atoms with Crippen molar-refractivity contribution in [1.29, 1.82) is 0 Å². The van der Waals surface area contributed by atoms with Crippen LogP contribution in [0.5, 0.6) is 5.75 Å². The Bertz CT molecular complexity index is 520.